The second-order valence-electron chi connectivity index (χ2n) is 3.56. The Bertz CT molecular complexity index is 189. The Balaban J connectivity index is 1.53. The molecule has 2 heterocycles. The minimum atomic E-state index is -0.182. The van der Waals surface area contributed by atoms with Crippen molar-refractivity contribution in [1.82, 2.24) is 9.91 Å². The van der Waals surface area contributed by atoms with Crippen LogP contribution in [-0.4, -0.2) is 60.1 Å². The highest BCUT2D eigenvalue weighted by Crippen LogP contribution is 2.13. The molecular weight excluding hydrogens is 174 g/mol. The molecular formula is C7H13N3O3. The predicted molar refractivity (Wildman–Crippen MR) is 44.7 cm³/mol. The Hall–Kier alpha value is -0.720. The molecule has 74 valence electrons. The number of hydrogen-bond acceptors (Lipinski definition) is 5. The van der Waals surface area contributed by atoms with Gasteiger partial charge in [0.1, 0.15) is 0 Å². The molecule has 0 saturated carbocycles. The normalized spacial score (nSPS) is 25.5. The van der Waals surface area contributed by atoms with Crippen LogP contribution in [-0.2, 0) is 4.74 Å². The number of aliphatic hydroxyl groups is 1. The first kappa shape index (κ1) is 8.86. The maximum atomic E-state index is 9.96. The van der Waals surface area contributed by atoms with Crippen LogP contribution in [0, 0.1) is 4.91 Å². The zero-order chi connectivity index (χ0) is 9.26. The quantitative estimate of drug-likeness (QED) is 0.572. The minimum absolute atomic E-state index is 0.135. The van der Waals surface area contributed by atoms with E-state index >= 15 is 0 Å². The number of nitroso groups, excluding NO2 is 1. The number of hydrogen-bond donors (Lipinski definition) is 1. The SMILES string of the molecule is O=NN1CC(OCN2CC(O)C2)C1. The monoisotopic (exact) mass is 187 g/mol. The van der Waals surface area contributed by atoms with Crippen LogP contribution in [0.2, 0.25) is 0 Å². The fourth-order valence-corrected chi connectivity index (χ4v) is 1.45. The van der Waals surface area contributed by atoms with E-state index in [0.29, 0.717) is 32.9 Å². The molecule has 2 saturated heterocycles. The van der Waals surface area contributed by atoms with Crippen molar-refractivity contribution in [2.24, 2.45) is 5.29 Å². The summed E-state index contributed by atoms with van der Waals surface area (Å²) in [7, 11) is 0. The summed E-state index contributed by atoms with van der Waals surface area (Å²) in [4.78, 5) is 12.0. The predicted octanol–water partition coefficient (Wildman–Crippen LogP) is -0.997. The van der Waals surface area contributed by atoms with Crippen LogP contribution in [0.4, 0.5) is 0 Å². The van der Waals surface area contributed by atoms with Gasteiger partial charge in [-0.1, -0.05) is 0 Å². The van der Waals surface area contributed by atoms with Crippen molar-refractivity contribution in [3.63, 3.8) is 0 Å². The number of β-amino-alcohol motifs (C(OH)–C–C–N with tert-alkyl or cyclic N) is 1. The van der Waals surface area contributed by atoms with Gasteiger partial charge in [0.05, 0.1) is 37.3 Å². The van der Waals surface area contributed by atoms with E-state index in [1.165, 1.54) is 5.01 Å². The second kappa shape index (κ2) is 3.57. The van der Waals surface area contributed by atoms with Crippen molar-refractivity contribution < 1.29 is 9.84 Å². The van der Waals surface area contributed by atoms with Crippen LogP contribution < -0.4 is 0 Å². The Morgan fingerprint density at radius 2 is 2.08 bits per heavy atom. The van der Waals surface area contributed by atoms with Crippen LogP contribution in [0.15, 0.2) is 5.29 Å². The molecule has 2 rings (SSSR count). The average Bonchev–Trinajstić information content (AvgIpc) is 1.98. The van der Waals surface area contributed by atoms with Crippen molar-refractivity contribution in [2.45, 2.75) is 12.2 Å². The molecule has 2 fully saturated rings. The molecule has 13 heavy (non-hydrogen) atoms. The molecule has 6 nitrogen and oxygen atoms in total. The average molecular weight is 187 g/mol. The van der Waals surface area contributed by atoms with Crippen molar-refractivity contribution in [2.75, 3.05) is 32.9 Å². The topological polar surface area (TPSA) is 65.4 Å². The number of rotatable bonds is 4. The summed E-state index contributed by atoms with van der Waals surface area (Å²) < 4.78 is 5.44. The number of likely N-dealkylation sites (tertiary alicyclic amines) is 1. The van der Waals surface area contributed by atoms with E-state index in [-0.39, 0.29) is 12.2 Å². The van der Waals surface area contributed by atoms with Crippen LogP contribution in [0.1, 0.15) is 0 Å². The van der Waals surface area contributed by atoms with Gasteiger partial charge in [-0.15, -0.1) is 4.91 Å². The van der Waals surface area contributed by atoms with Gasteiger partial charge in [-0.2, -0.15) is 0 Å². The smallest absolute Gasteiger partial charge is 0.0997 e. The van der Waals surface area contributed by atoms with Gasteiger partial charge in [-0.25, -0.2) is 0 Å². The number of nitrogens with zero attached hydrogens (tertiary/aromatic N) is 3. The third-order valence-electron chi connectivity index (χ3n) is 2.37. The van der Waals surface area contributed by atoms with E-state index in [2.05, 4.69) is 5.29 Å². The first-order valence-corrected chi connectivity index (χ1v) is 4.38. The highest BCUT2D eigenvalue weighted by Gasteiger charge is 2.30. The molecule has 0 atom stereocenters. The molecule has 2 aliphatic heterocycles. The van der Waals surface area contributed by atoms with E-state index in [1.54, 1.807) is 0 Å². The van der Waals surface area contributed by atoms with Gasteiger partial charge in [-0.3, -0.25) is 9.91 Å². The van der Waals surface area contributed by atoms with Crippen molar-refractivity contribution >= 4 is 0 Å². The summed E-state index contributed by atoms with van der Waals surface area (Å²) in [5, 5.41) is 13.2. The maximum Gasteiger partial charge on any atom is 0.0997 e. The highest BCUT2D eigenvalue weighted by molar-refractivity contribution is 4.80. The zero-order valence-corrected chi connectivity index (χ0v) is 7.30. The molecule has 0 aromatic carbocycles. The summed E-state index contributed by atoms with van der Waals surface area (Å²) in [5.41, 5.74) is 0. The summed E-state index contributed by atoms with van der Waals surface area (Å²) in [5.74, 6) is 0. The summed E-state index contributed by atoms with van der Waals surface area (Å²) in [6.45, 7) is 3.14. The van der Waals surface area contributed by atoms with E-state index in [4.69, 9.17) is 9.84 Å². The first-order valence-electron chi connectivity index (χ1n) is 4.38. The maximum absolute atomic E-state index is 9.96. The van der Waals surface area contributed by atoms with Gasteiger partial charge in [-0.05, 0) is 0 Å². The van der Waals surface area contributed by atoms with Gasteiger partial charge < -0.3 is 9.84 Å². The van der Waals surface area contributed by atoms with Crippen LogP contribution in [0.25, 0.3) is 0 Å². The third-order valence-corrected chi connectivity index (χ3v) is 2.37. The lowest BCUT2D eigenvalue weighted by Crippen LogP contribution is -2.55. The standard InChI is InChI=1S/C7H13N3O3/c11-6-1-9(2-6)5-13-7-3-10(4-7)8-12/h6-7,11H,1-5H2. The molecule has 0 bridgehead atoms. The largest absolute Gasteiger partial charge is 0.390 e. The third kappa shape index (κ3) is 1.96. The molecule has 0 aromatic heterocycles. The van der Waals surface area contributed by atoms with E-state index in [9.17, 15) is 4.91 Å². The molecule has 0 spiro atoms. The van der Waals surface area contributed by atoms with Crippen LogP contribution in [0.5, 0.6) is 0 Å². The van der Waals surface area contributed by atoms with Gasteiger partial charge in [0.25, 0.3) is 0 Å². The lowest BCUT2D eigenvalue weighted by Gasteiger charge is -2.39. The Kier molecular flexibility index (Phi) is 2.43. The van der Waals surface area contributed by atoms with Crippen molar-refractivity contribution in [1.29, 1.82) is 0 Å². The van der Waals surface area contributed by atoms with Gasteiger partial charge in [0.2, 0.25) is 0 Å². The van der Waals surface area contributed by atoms with Crippen molar-refractivity contribution in [3.8, 4) is 0 Å². The Labute approximate surface area is 76.0 Å². The van der Waals surface area contributed by atoms with Crippen LogP contribution >= 0.6 is 0 Å². The van der Waals surface area contributed by atoms with E-state index in [0.717, 1.165) is 0 Å². The molecule has 0 amide bonds. The molecule has 0 unspecified atom stereocenters. The Morgan fingerprint density at radius 3 is 2.62 bits per heavy atom. The lowest BCUT2D eigenvalue weighted by atomic mass is 10.2. The molecule has 2 aliphatic rings. The van der Waals surface area contributed by atoms with Gasteiger partial charge in [0, 0.05) is 13.1 Å². The molecule has 6 heteroatoms. The summed E-state index contributed by atoms with van der Waals surface area (Å²) >= 11 is 0. The summed E-state index contributed by atoms with van der Waals surface area (Å²) in [6, 6.07) is 0. The Morgan fingerprint density at radius 1 is 1.38 bits per heavy atom. The van der Waals surface area contributed by atoms with E-state index < -0.39 is 0 Å². The highest BCUT2D eigenvalue weighted by atomic mass is 16.5. The molecule has 0 aliphatic carbocycles. The fraction of sp³-hybridized carbons (Fsp3) is 1.00. The van der Waals surface area contributed by atoms with Crippen molar-refractivity contribution in [3.05, 3.63) is 4.91 Å². The van der Waals surface area contributed by atoms with Crippen LogP contribution in [0.3, 0.4) is 0 Å². The minimum Gasteiger partial charge on any atom is -0.390 e. The molecule has 0 radical (unpaired) electrons. The van der Waals surface area contributed by atoms with Gasteiger partial charge in [0.15, 0.2) is 0 Å². The number of aliphatic hydroxyl groups excluding tert-OH is 1. The van der Waals surface area contributed by atoms with E-state index in [1.807, 2.05) is 4.90 Å². The molecule has 1 N–H and O–H groups in total. The number of ether oxygens (including phenoxy) is 1. The fourth-order valence-electron chi connectivity index (χ4n) is 1.45. The summed E-state index contributed by atoms with van der Waals surface area (Å²) in [6.07, 6.45) is -0.0476. The first-order chi connectivity index (χ1) is 6.28. The lowest BCUT2D eigenvalue weighted by molar-refractivity contribution is -0.127. The molecule has 0 aromatic rings. The second-order valence-corrected chi connectivity index (χ2v) is 3.56. The van der Waals surface area contributed by atoms with Gasteiger partial charge >= 0.3 is 0 Å². The zero-order valence-electron chi connectivity index (χ0n) is 7.30.